The molecule has 3 aromatic rings. The van der Waals surface area contributed by atoms with Gasteiger partial charge in [0.25, 0.3) is 0 Å². The molecule has 0 saturated carbocycles. The molecule has 0 atom stereocenters. The molecule has 8 heteroatoms. The van der Waals surface area contributed by atoms with Crippen molar-refractivity contribution >= 4 is 0 Å². The molecule has 0 spiro atoms. The molecule has 2 aromatic heterocycles. The van der Waals surface area contributed by atoms with Crippen LogP contribution < -0.4 is 0 Å². The van der Waals surface area contributed by atoms with Crippen molar-refractivity contribution in [2.24, 2.45) is 0 Å². The van der Waals surface area contributed by atoms with Crippen molar-refractivity contribution in [2.75, 3.05) is 6.54 Å². The van der Waals surface area contributed by atoms with Gasteiger partial charge in [0.2, 0.25) is 5.82 Å². The van der Waals surface area contributed by atoms with Gasteiger partial charge >= 0.3 is 6.18 Å². The maximum absolute atomic E-state index is 12.8. The Balaban J connectivity index is 1.52. The Kier molecular flexibility index (Phi) is 4.66. The Morgan fingerprint density at radius 3 is 2.64 bits per heavy atom. The van der Waals surface area contributed by atoms with Gasteiger partial charge in [0.1, 0.15) is 0 Å². The standard InChI is InChI=1S/C20H20F3N5/c1-13-5-3-4-6-18(13)28-14(2)15(10-25-28)11-27-8-7-17-16(12-27)9-24-19(26-17)20(21,22)23/h3-6,9-10H,7-8,11-12H2,1-2H3. The van der Waals surface area contributed by atoms with Crippen LogP contribution >= 0.6 is 0 Å². The van der Waals surface area contributed by atoms with Crippen LogP contribution in [0, 0.1) is 13.8 Å². The first kappa shape index (κ1) is 18.6. The molecule has 3 heterocycles. The predicted molar refractivity (Wildman–Crippen MR) is 97.9 cm³/mol. The van der Waals surface area contributed by atoms with Crippen LogP contribution in [0.5, 0.6) is 0 Å². The summed E-state index contributed by atoms with van der Waals surface area (Å²) in [5, 5.41) is 4.54. The van der Waals surface area contributed by atoms with Crippen molar-refractivity contribution in [3.05, 3.63) is 70.6 Å². The van der Waals surface area contributed by atoms with E-state index in [1.807, 2.05) is 49.0 Å². The van der Waals surface area contributed by atoms with Crippen LogP contribution in [-0.2, 0) is 25.7 Å². The average molecular weight is 387 g/mol. The zero-order valence-electron chi connectivity index (χ0n) is 15.7. The number of rotatable bonds is 3. The first-order chi connectivity index (χ1) is 13.3. The van der Waals surface area contributed by atoms with E-state index in [2.05, 4.69) is 20.0 Å². The summed E-state index contributed by atoms with van der Waals surface area (Å²) < 4.78 is 40.3. The lowest BCUT2D eigenvalue weighted by molar-refractivity contribution is -0.145. The fourth-order valence-electron chi connectivity index (χ4n) is 3.53. The summed E-state index contributed by atoms with van der Waals surface area (Å²) in [6.07, 6.45) is -0.860. The molecule has 0 N–H and O–H groups in total. The molecule has 4 rings (SSSR count). The van der Waals surface area contributed by atoms with Crippen molar-refractivity contribution < 1.29 is 13.2 Å². The second-order valence-corrected chi connectivity index (χ2v) is 7.08. The highest BCUT2D eigenvalue weighted by molar-refractivity contribution is 5.41. The van der Waals surface area contributed by atoms with E-state index in [0.717, 1.165) is 28.1 Å². The van der Waals surface area contributed by atoms with E-state index in [-0.39, 0.29) is 0 Å². The van der Waals surface area contributed by atoms with Gasteiger partial charge in [0.05, 0.1) is 17.6 Å². The van der Waals surface area contributed by atoms with Gasteiger partial charge in [-0.2, -0.15) is 18.3 Å². The number of halogens is 3. The highest BCUT2D eigenvalue weighted by Crippen LogP contribution is 2.28. The molecule has 0 saturated heterocycles. The van der Waals surface area contributed by atoms with Crippen LogP contribution in [0.1, 0.15) is 33.9 Å². The third-order valence-corrected chi connectivity index (χ3v) is 5.12. The van der Waals surface area contributed by atoms with Gasteiger partial charge in [0, 0.05) is 49.1 Å². The van der Waals surface area contributed by atoms with Gasteiger partial charge in [-0.15, -0.1) is 0 Å². The van der Waals surface area contributed by atoms with Crippen LogP contribution in [0.25, 0.3) is 5.69 Å². The largest absolute Gasteiger partial charge is 0.451 e. The lowest BCUT2D eigenvalue weighted by Crippen LogP contribution is -2.31. The number of fused-ring (bicyclic) bond motifs is 1. The summed E-state index contributed by atoms with van der Waals surface area (Å²) in [5.74, 6) is -1.06. The summed E-state index contributed by atoms with van der Waals surface area (Å²) in [6, 6.07) is 8.06. The van der Waals surface area contributed by atoms with Crippen LogP contribution in [0.2, 0.25) is 0 Å². The molecule has 146 valence electrons. The maximum atomic E-state index is 12.8. The summed E-state index contributed by atoms with van der Waals surface area (Å²) in [5.41, 5.74) is 5.59. The summed E-state index contributed by atoms with van der Waals surface area (Å²) >= 11 is 0. The molecule has 0 radical (unpaired) electrons. The number of para-hydroxylation sites is 1. The fourth-order valence-corrected chi connectivity index (χ4v) is 3.53. The second kappa shape index (κ2) is 7.01. The quantitative estimate of drug-likeness (QED) is 0.685. The Morgan fingerprint density at radius 2 is 1.89 bits per heavy atom. The van der Waals surface area contributed by atoms with Crippen molar-refractivity contribution in [3.63, 3.8) is 0 Å². The molecule has 1 aromatic carbocycles. The molecule has 28 heavy (non-hydrogen) atoms. The van der Waals surface area contributed by atoms with Crippen LogP contribution in [-0.4, -0.2) is 31.2 Å². The smallest absolute Gasteiger partial charge is 0.294 e. The molecular formula is C20H20F3N5. The highest BCUT2D eigenvalue weighted by atomic mass is 19.4. The minimum Gasteiger partial charge on any atom is -0.294 e. The lowest BCUT2D eigenvalue weighted by Gasteiger charge is -2.28. The first-order valence-corrected chi connectivity index (χ1v) is 9.07. The first-order valence-electron chi connectivity index (χ1n) is 9.07. The molecule has 0 fully saturated rings. The number of aryl methyl sites for hydroxylation is 1. The van der Waals surface area contributed by atoms with E-state index in [1.165, 1.54) is 6.20 Å². The van der Waals surface area contributed by atoms with E-state index in [4.69, 9.17) is 0 Å². The van der Waals surface area contributed by atoms with E-state index in [1.54, 1.807) is 0 Å². The number of hydrogen-bond acceptors (Lipinski definition) is 4. The third kappa shape index (κ3) is 3.52. The minimum atomic E-state index is -4.51. The van der Waals surface area contributed by atoms with Gasteiger partial charge in [-0.1, -0.05) is 18.2 Å². The van der Waals surface area contributed by atoms with Gasteiger partial charge in [-0.05, 0) is 25.5 Å². The second-order valence-electron chi connectivity index (χ2n) is 7.08. The number of benzene rings is 1. The average Bonchev–Trinajstić information content (AvgIpc) is 3.01. The van der Waals surface area contributed by atoms with E-state index in [9.17, 15) is 13.2 Å². The van der Waals surface area contributed by atoms with Gasteiger partial charge in [0.15, 0.2) is 0 Å². The van der Waals surface area contributed by atoms with E-state index < -0.39 is 12.0 Å². The maximum Gasteiger partial charge on any atom is 0.451 e. The molecular weight excluding hydrogens is 367 g/mol. The fraction of sp³-hybridized carbons (Fsp3) is 0.350. The number of nitrogens with zero attached hydrogens (tertiary/aromatic N) is 5. The Bertz CT molecular complexity index is 1010. The van der Waals surface area contributed by atoms with Crippen LogP contribution in [0.4, 0.5) is 13.2 Å². The van der Waals surface area contributed by atoms with Crippen molar-refractivity contribution in [2.45, 2.75) is 39.5 Å². The molecule has 0 amide bonds. The van der Waals surface area contributed by atoms with Crippen molar-refractivity contribution in [3.8, 4) is 5.69 Å². The zero-order valence-corrected chi connectivity index (χ0v) is 15.7. The predicted octanol–water partition coefficient (Wildman–Crippen LogP) is 3.86. The van der Waals surface area contributed by atoms with Crippen molar-refractivity contribution in [1.82, 2.24) is 24.6 Å². The summed E-state index contributed by atoms with van der Waals surface area (Å²) in [7, 11) is 0. The molecule has 0 aliphatic carbocycles. The molecule has 5 nitrogen and oxygen atoms in total. The third-order valence-electron chi connectivity index (χ3n) is 5.12. The normalized spacial score (nSPS) is 14.9. The minimum absolute atomic E-state index is 0.478. The number of alkyl halides is 3. The molecule has 0 bridgehead atoms. The topological polar surface area (TPSA) is 46.8 Å². The number of aromatic nitrogens is 4. The van der Waals surface area contributed by atoms with Crippen LogP contribution in [0.15, 0.2) is 36.7 Å². The summed E-state index contributed by atoms with van der Waals surface area (Å²) in [6.45, 7) is 5.94. The molecule has 1 aliphatic heterocycles. The van der Waals surface area contributed by atoms with Crippen molar-refractivity contribution in [1.29, 1.82) is 0 Å². The zero-order chi connectivity index (χ0) is 19.9. The monoisotopic (exact) mass is 387 g/mol. The lowest BCUT2D eigenvalue weighted by atomic mass is 10.1. The van der Waals surface area contributed by atoms with Gasteiger partial charge in [-0.25, -0.2) is 14.6 Å². The highest BCUT2D eigenvalue weighted by Gasteiger charge is 2.35. The molecule has 1 aliphatic rings. The Hall–Kier alpha value is -2.74. The van der Waals surface area contributed by atoms with E-state index in [0.29, 0.717) is 31.7 Å². The summed E-state index contributed by atoms with van der Waals surface area (Å²) in [4.78, 5) is 9.40. The van der Waals surface area contributed by atoms with E-state index >= 15 is 0 Å². The van der Waals surface area contributed by atoms with Crippen LogP contribution in [0.3, 0.4) is 0 Å². The SMILES string of the molecule is Cc1ccccc1-n1ncc(CN2CCc3nc(C(F)(F)F)ncc3C2)c1C. The number of hydrogen-bond donors (Lipinski definition) is 0. The molecule has 0 unspecified atom stereocenters. The van der Waals surface area contributed by atoms with Gasteiger partial charge < -0.3 is 0 Å². The van der Waals surface area contributed by atoms with Gasteiger partial charge in [-0.3, -0.25) is 4.90 Å². The Morgan fingerprint density at radius 1 is 1.11 bits per heavy atom. The Labute approximate surface area is 160 Å².